The molecule has 0 spiro atoms. The van der Waals surface area contributed by atoms with Crippen molar-refractivity contribution in [1.82, 2.24) is 0 Å². The molecular formula is C17H20IN3O3. The Hall–Kier alpha value is -2.16. The quantitative estimate of drug-likeness (QED) is 0.424. The van der Waals surface area contributed by atoms with E-state index in [-0.39, 0.29) is 30.8 Å². The van der Waals surface area contributed by atoms with E-state index in [1.54, 1.807) is 7.11 Å². The molecule has 0 radical (unpaired) electrons. The van der Waals surface area contributed by atoms with E-state index in [2.05, 4.69) is 10.3 Å². The molecule has 3 N–H and O–H groups in total. The molecule has 0 atom stereocenters. The fraction of sp³-hybridized carbons (Fsp3) is 0.235. The van der Waals surface area contributed by atoms with Crippen LogP contribution < -0.4 is 25.3 Å². The Morgan fingerprint density at radius 1 is 1.17 bits per heavy atom. The molecule has 0 saturated carbocycles. The summed E-state index contributed by atoms with van der Waals surface area (Å²) >= 11 is 0. The second-order valence-electron chi connectivity index (χ2n) is 5.06. The van der Waals surface area contributed by atoms with Gasteiger partial charge in [-0.3, -0.25) is 4.99 Å². The zero-order valence-electron chi connectivity index (χ0n) is 13.3. The van der Waals surface area contributed by atoms with E-state index >= 15 is 0 Å². The minimum Gasteiger partial charge on any atom is -0.497 e. The molecule has 128 valence electrons. The van der Waals surface area contributed by atoms with Crippen LogP contribution in [0.2, 0.25) is 0 Å². The van der Waals surface area contributed by atoms with Crippen molar-refractivity contribution in [3.8, 4) is 17.2 Å². The number of hydrogen-bond donors (Lipinski definition) is 2. The van der Waals surface area contributed by atoms with Gasteiger partial charge in [-0.2, -0.15) is 0 Å². The average Bonchev–Trinajstić information content (AvgIpc) is 3.03. The summed E-state index contributed by atoms with van der Waals surface area (Å²) in [6.45, 7) is 0.879. The molecule has 0 bridgehead atoms. The van der Waals surface area contributed by atoms with Crippen LogP contribution in [-0.2, 0) is 6.42 Å². The highest BCUT2D eigenvalue weighted by Crippen LogP contribution is 2.32. The van der Waals surface area contributed by atoms with Crippen LogP contribution in [0.5, 0.6) is 17.2 Å². The van der Waals surface area contributed by atoms with Crippen LogP contribution in [0.4, 0.5) is 5.69 Å². The highest BCUT2D eigenvalue weighted by molar-refractivity contribution is 14.0. The molecule has 2 aromatic rings. The Morgan fingerprint density at radius 3 is 2.67 bits per heavy atom. The van der Waals surface area contributed by atoms with Crippen molar-refractivity contribution in [3.63, 3.8) is 0 Å². The van der Waals surface area contributed by atoms with Crippen LogP contribution in [0.25, 0.3) is 0 Å². The Labute approximate surface area is 158 Å². The normalized spacial score (nSPS) is 12.5. The first-order chi connectivity index (χ1) is 11.2. The summed E-state index contributed by atoms with van der Waals surface area (Å²) < 4.78 is 15.8. The summed E-state index contributed by atoms with van der Waals surface area (Å²) in [6.07, 6.45) is 0.779. The zero-order valence-corrected chi connectivity index (χ0v) is 15.7. The number of methoxy groups -OCH3 is 1. The van der Waals surface area contributed by atoms with Gasteiger partial charge < -0.3 is 25.3 Å². The predicted molar refractivity (Wildman–Crippen MR) is 105 cm³/mol. The second kappa shape index (κ2) is 8.62. The van der Waals surface area contributed by atoms with Crippen molar-refractivity contribution in [2.24, 2.45) is 10.7 Å². The summed E-state index contributed by atoms with van der Waals surface area (Å²) in [5, 5.41) is 3.05. The highest BCUT2D eigenvalue weighted by Gasteiger charge is 2.12. The lowest BCUT2D eigenvalue weighted by molar-refractivity contribution is 0.174. The van der Waals surface area contributed by atoms with Crippen LogP contribution in [0.3, 0.4) is 0 Å². The maximum absolute atomic E-state index is 5.89. The summed E-state index contributed by atoms with van der Waals surface area (Å²) in [7, 11) is 1.63. The van der Waals surface area contributed by atoms with Gasteiger partial charge in [-0.1, -0.05) is 6.07 Å². The molecule has 3 rings (SSSR count). The number of nitrogens with zero attached hydrogens (tertiary/aromatic N) is 1. The van der Waals surface area contributed by atoms with Gasteiger partial charge in [0.1, 0.15) is 5.75 Å². The van der Waals surface area contributed by atoms with Gasteiger partial charge in [0.2, 0.25) is 6.79 Å². The average molecular weight is 441 g/mol. The number of nitrogens with one attached hydrogen (secondary N) is 1. The van der Waals surface area contributed by atoms with E-state index in [1.165, 1.54) is 0 Å². The van der Waals surface area contributed by atoms with Gasteiger partial charge in [0, 0.05) is 12.2 Å². The topological polar surface area (TPSA) is 78.1 Å². The van der Waals surface area contributed by atoms with E-state index in [9.17, 15) is 0 Å². The number of benzene rings is 2. The van der Waals surface area contributed by atoms with Crippen molar-refractivity contribution in [3.05, 3.63) is 48.0 Å². The first kappa shape index (κ1) is 18.2. The van der Waals surface area contributed by atoms with Gasteiger partial charge in [0.15, 0.2) is 17.5 Å². The van der Waals surface area contributed by atoms with E-state index in [0.717, 1.165) is 34.9 Å². The first-order valence-corrected chi connectivity index (χ1v) is 7.34. The molecule has 1 heterocycles. The van der Waals surface area contributed by atoms with E-state index in [1.807, 2.05) is 42.5 Å². The molecule has 0 fully saturated rings. The lowest BCUT2D eigenvalue weighted by atomic mass is 10.1. The Bertz CT molecular complexity index is 705. The largest absolute Gasteiger partial charge is 0.497 e. The van der Waals surface area contributed by atoms with Gasteiger partial charge in [-0.15, -0.1) is 24.0 Å². The summed E-state index contributed by atoms with van der Waals surface area (Å²) in [4.78, 5) is 4.33. The number of rotatable bonds is 5. The Balaban J connectivity index is 0.00000208. The second-order valence-corrected chi connectivity index (χ2v) is 5.06. The molecule has 6 nitrogen and oxygen atoms in total. The smallest absolute Gasteiger partial charge is 0.231 e. The maximum atomic E-state index is 5.89. The van der Waals surface area contributed by atoms with Gasteiger partial charge in [-0.25, -0.2) is 0 Å². The van der Waals surface area contributed by atoms with Crippen molar-refractivity contribution < 1.29 is 14.2 Å². The number of nitrogens with two attached hydrogens (primary N) is 1. The number of halogens is 1. The van der Waals surface area contributed by atoms with E-state index in [4.69, 9.17) is 19.9 Å². The van der Waals surface area contributed by atoms with Gasteiger partial charge in [0.25, 0.3) is 0 Å². The summed E-state index contributed by atoms with van der Waals surface area (Å²) in [6, 6.07) is 13.4. The summed E-state index contributed by atoms with van der Waals surface area (Å²) in [5.74, 6) is 2.76. The fourth-order valence-electron chi connectivity index (χ4n) is 2.26. The first-order valence-electron chi connectivity index (χ1n) is 7.34. The van der Waals surface area contributed by atoms with Crippen LogP contribution in [0.1, 0.15) is 5.56 Å². The molecule has 0 unspecified atom stereocenters. The minimum absolute atomic E-state index is 0. The van der Waals surface area contributed by atoms with Crippen LogP contribution in [0, 0.1) is 0 Å². The van der Waals surface area contributed by atoms with Crippen LogP contribution in [0.15, 0.2) is 47.5 Å². The Morgan fingerprint density at radius 2 is 1.92 bits per heavy atom. The number of ether oxygens (including phenoxy) is 3. The SMILES string of the molecule is COc1ccc(NC(N)=NCCc2ccc3c(c2)OCO3)cc1.I. The molecule has 0 aliphatic carbocycles. The minimum atomic E-state index is 0. The van der Waals surface area contributed by atoms with Crippen molar-refractivity contribution in [2.45, 2.75) is 6.42 Å². The third kappa shape index (κ3) is 4.67. The van der Waals surface area contributed by atoms with Gasteiger partial charge >= 0.3 is 0 Å². The third-order valence-corrected chi connectivity index (χ3v) is 3.48. The number of guanidine groups is 1. The highest BCUT2D eigenvalue weighted by atomic mass is 127. The van der Waals surface area contributed by atoms with Crippen LogP contribution in [-0.4, -0.2) is 26.4 Å². The maximum Gasteiger partial charge on any atom is 0.231 e. The molecule has 1 aliphatic rings. The lowest BCUT2D eigenvalue weighted by Gasteiger charge is -2.07. The van der Waals surface area contributed by atoms with Gasteiger partial charge in [0.05, 0.1) is 7.11 Å². The van der Waals surface area contributed by atoms with Crippen molar-refractivity contribution in [2.75, 3.05) is 25.8 Å². The number of aliphatic imine (C=N–C) groups is 1. The van der Waals surface area contributed by atoms with E-state index < -0.39 is 0 Å². The standard InChI is InChI=1S/C17H19N3O3.HI/c1-21-14-5-3-13(4-6-14)20-17(18)19-9-8-12-2-7-15-16(10-12)23-11-22-15;/h2-7,10H,8-9,11H2,1H3,(H3,18,19,20);1H. The number of fused-ring (bicyclic) bond motifs is 1. The van der Waals surface area contributed by atoms with Crippen molar-refractivity contribution >= 4 is 35.6 Å². The molecule has 7 heteroatoms. The number of anilines is 1. The van der Waals surface area contributed by atoms with Gasteiger partial charge in [-0.05, 0) is 48.4 Å². The molecule has 1 aliphatic heterocycles. The van der Waals surface area contributed by atoms with E-state index in [0.29, 0.717) is 12.5 Å². The molecular weight excluding hydrogens is 421 g/mol. The lowest BCUT2D eigenvalue weighted by Crippen LogP contribution is -2.23. The summed E-state index contributed by atoms with van der Waals surface area (Å²) in [5.41, 5.74) is 7.90. The molecule has 0 aromatic heterocycles. The molecule has 24 heavy (non-hydrogen) atoms. The third-order valence-electron chi connectivity index (χ3n) is 3.48. The zero-order chi connectivity index (χ0) is 16.1. The Kier molecular flexibility index (Phi) is 6.53. The van der Waals surface area contributed by atoms with Crippen molar-refractivity contribution in [1.29, 1.82) is 0 Å². The van der Waals surface area contributed by atoms with Crippen LogP contribution >= 0.6 is 24.0 Å². The molecule has 0 amide bonds. The molecule has 2 aromatic carbocycles. The molecule has 0 saturated heterocycles. The number of hydrogen-bond acceptors (Lipinski definition) is 4. The fourth-order valence-corrected chi connectivity index (χ4v) is 2.26. The monoisotopic (exact) mass is 441 g/mol. The predicted octanol–water partition coefficient (Wildman–Crippen LogP) is 3.01.